The van der Waals surface area contributed by atoms with Gasteiger partial charge in [-0.2, -0.15) is 13.2 Å². The Morgan fingerprint density at radius 1 is 1.24 bits per heavy atom. The maximum absolute atomic E-state index is 12.1. The summed E-state index contributed by atoms with van der Waals surface area (Å²) in [6.07, 6.45) is -6.80. The molecule has 0 spiro atoms. The largest absolute Gasteiger partial charge is 0.414 e. The van der Waals surface area contributed by atoms with Gasteiger partial charge in [-0.1, -0.05) is 30.3 Å². The first-order chi connectivity index (χ1) is 7.91. The predicted octanol–water partition coefficient (Wildman–Crippen LogP) is 3.08. The summed E-state index contributed by atoms with van der Waals surface area (Å²) < 4.78 is 40.9. The highest BCUT2D eigenvalue weighted by molar-refractivity contribution is 5.16. The van der Waals surface area contributed by atoms with E-state index in [2.05, 4.69) is 4.74 Å². The maximum atomic E-state index is 12.1. The second kappa shape index (κ2) is 6.02. The third-order valence-electron chi connectivity index (χ3n) is 2.40. The molecule has 5 heteroatoms. The van der Waals surface area contributed by atoms with Crippen LogP contribution in [0.5, 0.6) is 0 Å². The molecule has 0 heterocycles. The molecule has 0 bridgehead atoms. The number of rotatable bonds is 5. The molecular formula is C12H15F3O2. The van der Waals surface area contributed by atoms with Gasteiger partial charge in [-0.3, -0.25) is 0 Å². The fourth-order valence-electron chi connectivity index (χ4n) is 1.29. The smallest absolute Gasteiger partial charge is 0.388 e. The lowest BCUT2D eigenvalue weighted by atomic mass is 10.1. The van der Waals surface area contributed by atoms with Gasteiger partial charge in [-0.15, -0.1) is 0 Å². The number of alkyl halides is 3. The fraction of sp³-hybridized carbons (Fsp3) is 0.500. The highest BCUT2D eigenvalue weighted by atomic mass is 19.4. The van der Waals surface area contributed by atoms with Crippen molar-refractivity contribution >= 4 is 0 Å². The molecule has 1 N–H and O–H groups in total. The second-order valence-corrected chi connectivity index (χ2v) is 3.77. The first kappa shape index (κ1) is 14.0. The minimum Gasteiger partial charge on any atom is -0.388 e. The highest BCUT2D eigenvalue weighted by Gasteiger charge is 2.36. The van der Waals surface area contributed by atoms with Gasteiger partial charge < -0.3 is 9.84 Å². The standard InChI is InChI=1S/C12H15F3O2/c1-9(12(13,14)15)17-8-7-11(16)10-5-3-2-4-6-10/h2-6,9,11,16H,7-8H2,1H3. The van der Waals surface area contributed by atoms with Gasteiger partial charge in [0.25, 0.3) is 0 Å². The second-order valence-electron chi connectivity index (χ2n) is 3.77. The lowest BCUT2D eigenvalue weighted by Crippen LogP contribution is -2.29. The first-order valence-electron chi connectivity index (χ1n) is 5.32. The minimum absolute atomic E-state index is 0.128. The molecule has 2 nitrogen and oxygen atoms in total. The molecule has 0 saturated heterocycles. The van der Waals surface area contributed by atoms with E-state index in [9.17, 15) is 18.3 Å². The SMILES string of the molecule is CC(OCCC(O)c1ccccc1)C(F)(F)F. The molecule has 0 aliphatic carbocycles. The van der Waals surface area contributed by atoms with Crippen LogP contribution in [-0.2, 0) is 4.74 Å². The van der Waals surface area contributed by atoms with Crippen LogP contribution in [0.1, 0.15) is 25.0 Å². The summed E-state index contributed by atoms with van der Waals surface area (Å²) in [5.74, 6) is 0. The molecule has 0 saturated carbocycles. The van der Waals surface area contributed by atoms with Gasteiger partial charge in [0, 0.05) is 6.42 Å². The summed E-state index contributed by atoms with van der Waals surface area (Å²) in [4.78, 5) is 0. The van der Waals surface area contributed by atoms with E-state index in [4.69, 9.17) is 0 Å². The van der Waals surface area contributed by atoms with E-state index >= 15 is 0 Å². The van der Waals surface area contributed by atoms with Crippen LogP contribution in [-0.4, -0.2) is 24.0 Å². The summed E-state index contributed by atoms with van der Waals surface area (Å²) in [7, 11) is 0. The van der Waals surface area contributed by atoms with Gasteiger partial charge in [0.15, 0.2) is 6.10 Å². The third-order valence-corrected chi connectivity index (χ3v) is 2.40. The Balaban J connectivity index is 2.33. The fourth-order valence-corrected chi connectivity index (χ4v) is 1.29. The average molecular weight is 248 g/mol. The molecule has 2 atom stereocenters. The van der Waals surface area contributed by atoms with E-state index in [-0.39, 0.29) is 13.0 Å². The number of aliphatic hydroxyl groups is 1. The molecular weight excluding hydrogens is 233 g/mol. The zero-order valence-electron chi connectivity index (χ0n) is 9.45. The van der Waals surface area contributed by atoms with Crippen LogP contribution >= 0.6 is 0 Å². The summed E-state index contributed by atoms with van der Waals surface area (Å²) in [6, 6.07) is 8.77. The Bertz CT molecular complexity index is 324. The topological polar surface area (TPSA) is 29.5 Å². The van der Waals surface area contributed by atoms with Crippen molar-refractivity contribution in [1.29, 1.82) is 0 Å². The van der Waals surface area contributed by atoms with Gasteiger partial charge >= 0.3 is 6.18 Å². The van der Waals surface area contributed by atoms with Gasteiger partial charge in [0.1, 0.15) is 0 Å². The molecule has 2 unspecified atom stereocenters. The molecule has 17 heavy (non-hydrogen) atoms. The van der Waals surface area contributed by atoms with Crippen LogP contribution in [0.4, 0.5) is 13.2 Å². The molecule has 0 fully saturated rings. The van der Waals surface area contributed by atoms with E-state index in [0.29, 0.717) is 5.56 Å². The van der Waals surface area contributed by atoms with E-state index < -0.39 is 18.4 Å². The van der Waals surface area contributed by atoms with Crippen LogP contribution in [0.3, 0.4) is 0 Å². The van der Waals surface area contributed by atoms with E-state index in [1.54, 1.807) is 30.3 Å². The Hall–Kier alpha value is -1.07. The van der Waals surface area contributed by atoms with Crippen LogP contribution in [0.15, 0.2) is 30.3 Å². The Morgan fingerprint density at radius 3 is 2.35 bits per heavy atom. The van der Waals surface area contributed by atoms with E-state index in [1.807, 2.05) is 0 Å². The molecule has 1 aromatic carbocycles. The summed E-state index contributed by atoms with van der Waals surface area (Å²) in [6.45, 7) is 0.825. The lowest BCUT2D eigenvalue weighted by Gasteiger charge is -2.17. The van der Waals surface area contributed by atoms with Crippen molar-refractivity contribution in [2.45, 2.75) is 31.7 Å². The molecule has 96 valence electrons. The zero-order chi connectivity index (χ0) is 12.9. The Kier molecular flexibility index (Phi) is 4.96. The zero-order valence-corrected chi connectivity index (χ0v) is 9.45. The lowest BCUT2D eigenvalue weighted by molar-refractivity contribution is -0.215. The number of ether oxygens (including phenoxy) is 1. The van der Waals surface area contributed by atoms with Gasteiger partial charge in [-0.25, -0.2) is 0 Å². The van der Waals surface area contributed by atoms with E-state index in [0.717, 1.165) is 6.92 Å². The van der Waals surface area contributed by atoms with Gasteiger partial charge in [0.05, 0.1) is 12.7 Å². The normalized spacial score (nSPS) is 15.6. The summed E-state index contributed by atoms with van der Waals surface area (Å²) in [5, 5.41) is 9.67. The molecule has 0 amide bonds. The van der Waals surface area contributed by atoms with Gasteiger partial charge in [-0.05, 0) is 12.5 Å². The maximum Gasteiger partial charge on any atom is 0.414 e. The number of benzene rings is 1. The van der Waals surface area contributed by atoms with Crippen molar-refractivity contribution in [3.8, 4) is 0 Å². The molecule has 0 aliphatic rings. The quantitative estimate of drug-likeness (QED) is 0.867. The van der Waals surface area contributed by atoms with Crippen molar-refractivity contribution < 1.29 is 23.0 Å². The monoisotopic (exact) mass is 248 g/mol. The summed E-state index contributed by atoms with van der Waals surface area (Å²) in [5.41, 5.74) is 0.677. The predicted molar refractivity (Wildman–Crippen MR) is 57.5 cm³/mol. The van der Waals surface area contributed by atoms with Crippen molar-refractivity contribution in [1.82, 2.24) is 0 Å². The number of halogens is 3. The number of hydrogen-bond donors (Lipinski definition) is 1. The van der Waals surface area contributed by atoms with Crippen molar-refractivity contribution in [3.05, 3.63) is 35.9 Å². The first-order valence-corrected chi connectivity index (χ1v) is 5.32. The average Bonchev–Trinajstić information content (AvgIpc) is 2.28. The molecule has 0 radical (unpaired) electrons. The molecule has 0 aromatic heterocycles. The van der Waals surface area contributed by atoms with Crippen LogP contribution in [0.25, 0.3) is 0 Å². The van der Waals surface area contributed by atoms with Crippen molar-refractivity contribution in [2.75, 3.05) is 6.61 Å². The Morgan fingerprint density at radius 2 is 1.82 bits per heavy atom. The van der Waals surface area contributed by atoms with Gasteiger partial charge in [0.2, 0.25) is 0 Å². The van der Waals surface area contributed by atoms with E-state index in [1.165, 1.54) is 0 Å². The molecule has 1 rings (SSSR count). The van der Waals surface area contributed by atoms with Crippen LogP contribution < -0.4 is 0 Å². The van der Waals surface area contributed by atoms with Crippen LogP contribution in [0.2, 0.25) is 0 Å². The number of aliphatic hydroxyl groups excluding tert-OH is 1. The van der Waals surface area contributed by atoms with Crippen molar-refractivity contribution in [2.24, 2.45) is 0 Å². The minimum atomic E-state index is -4.35. The Labute approximate surface area is 98.0 Å². The third kappa shape index (κ3) is 4.75. The highest BCUT2D eigenvalue weighted by Crippen LogP contribution is 2.23. The molecule has 0 aliphatic heterocycles. The molecule has 1 aromatic rings. The van der Waals surface area contributed by atoms with Crippen molar-refractivity contribution in [3.63, 3.8) is 0 Å². The summed E-state index contributed by atoms with van der Waals surface area (Å²) >= 11 is 0. The van der Waals surface area contributed by atoms with Crippen LogP contribution in [0, 0.1) is 0 Å². The number of hydrogen-bond acceptors (Lipinski definition) is 2.